The number of anilines is 1. The molecule has 7 nitrogen and oxygen atoms in total. The molecule has 0 bridgehead atoms. The van der Waals surface area contributed by atoms with Crippen LogP contribution in [0.3, 0.4) is 0 Å². The molecule has 22 heavy (non-hydrogen) atoms. The summed E-state index contributed by atoms with van der Waals surface area (Å²) in [7, 11) is -3.61. The van der Waals surface area contributed by atoms with Crippen molar-refractivity contribution in [3.63, 3.8) is 0 Å². The first-order chi connectivity index (χ1) is 10.5. The van der Waals surface area contributed by atoms with Gasteiger partial charge in [0.25, 0.3) is 0 Å². The maximum absolute atomic E-state index is 12.6. The Kier molecular flexibility index (Phi) is 4.11. The number of carbonyl (C=O) groups excluding carboxylic acids is 2. The molecule has 2 heterocycles. The van der Waals surface area contributed by atoms with Crippen LogP contribution in [-0.4, -0.2) is 61.9 Å². The SMILES string of the molecule is O=CN1CCN(S(=O)(=O)c2ccc3c(c2)NC(=O)CS3)CC1. The van der Waals surface area contributed by atoms with E-state index < -0.39 is 10.0 Å². The molecule has 0 aromatic heterocycles. The van der Waals surface area contributed by atoms with Crippen LogP contribution in [0.2, 0.25) is 0 Å². The highest BCUT2D eigenvalue weighted by Gasteiger charge is 2.29. The maximum atomic E-state index is 12.6. The fourth-order valence-corrected chi connectivity index (χ4v) is 4.66. The van der Waals surface area contributed by atoms with E-state index >= 15 is 0 Å². The van der Waals surface area contributed by atoms with E-state index in [0.29, 0.717) is 24.5 Å². The lowest BCUT2D eigenvalue weighted by atomic mass is 10.3. The van der Waals surface area contributed by atoms with Crippen molar-refractivity contribution in [2.45, 2.75) is 9.79 Å². The Hall–Kier alpha value is -1.58. The fraction of sp³-hybridized carbons (Fsp3) is 0.385. The molecule has 1 fully saturated rings. The van der Waals surface area contributed by atoms with E-state index in [2.05, 4.69) is 5.32 Å². The average molecular weight is 341 g/mol. The van der Waals surface area contributed by atoms with Crippen molar-refractivity contribution in [1.82, 2.24) is 9.21 Å². The monoisotopic (exact) mass is 341 g/mol. The van der Waals surface area contributed by atoms with Gasteiger partial charge >= 0.3 is 0 Å². The molecule has 118 valence electrons. The standard InChI is InChI=1S/C13H15N3O4S2/c17-9-15-3-5-16(6-4-15)22(19,20)10-1-2-12-11(7-10)14-13(18)8-21-12/h1-2,7,9H,3-6,8H2,(H,14,18). The van der Waals surface area contributed by atoms with Crippen LogP contribution in [0, 0.1) is 0 Å². The van der Waals surface area contributed by atoms with Gasteiger partial charge in [-0.05, 0) is 18.2 Å². The zero-order valence-electron chi connectivity index (χ0n) is 11.7. The van der Waals surface area contributed by atoms with Crippen molar-refractivity contribution in [3.05, 3.63) is 18.2 Å². The summed E-state index contributed by atoms with van der Waals surface area (Å²) in [5, 5.41) is 2.69. The summed E-state index contributed by atoms with van der Waals surface area (Å²) in [6.07, 6.45) is 0.732. The molecule has 3 rings (SSSR count). The predicted octanol–water partition coefficient (Wildman–Crippen LogP) is 0.193. The van der Waals surface area contributed by atoms with Crippen molar-refractivity contribution in [2.75, 3.05) is 37.2 Å². The lowest BCUT2D eigenvalue weighted by molar-refractivity contribution is -0.119. The van der Waals surface area contributed by atoms with Crippen LogP contribution in [0.4, 0.5) is 5.69 Å². The van der Waals surface area contributed by atoms with Crippen molar-refractivity contribution in [3.8, 4) is 0 Å². The number of amides is 2. The molecule has 2 aliphatic rings. The largest absolute Gasteiger partial charge is 0.343 e. The minimum absolute atomic E-state index is 0.133. The van der Waals surface area contributed by atoms with E-state index in [0.717, 1.165) is 11.3 Å². The van der Waals surface area contributed by atoms with Gasteiger partial charge in [0.15, 0.2) is 0 Å². The number of sulfonamides is 1. The van der Waals surface area contributed by atoms with Gasteiger partial charge in [-0.2, -0.15) is 4.31 Å². The summed E-state index contributed by atoms with van der Waals surface area (Å²) in [5.74, 6) is 0.207. The van der Waals surface area contributed by atoms with Crippen LogP contribution in [-0.2, 0) is 19.6 Å². The number of rotatable bonds is 3. The lowest BCUT2D eigenvalue weighted by Crippen LogP contribution is -2.47. The maximum Gasteiger partial charge on any atom is 0.243 e. The molecule has 2 amide bonds. The number of fused-ring (bicyclic) bond motifs is 1. The van der Waals surface area contributed by atoms with Crippen LogP contribution in [0.25, 0.3) is 0 Å². The molecule has 0 unspecified atom stereocenters. The predicted molar refractivity (Wildman–Crippen MR) is 82.2 cm³/mol. The molecule has 1 aromatic carbocycles. The Morgan fingerprint density at radius 1 is 1.18 bits per heavy atom. The van der Waals surface area contributed by atoms with Crippen LogP contribution < -0.4 is 5.32 Å². The third kappa shape index (κ3) is 2.83. The quantitative estimate of drug-likeness (QED) is 0.794. The number of hydrogen-bond donors (Lipinski definition) is 1. The smallest absolute Gasteiger partial charge is 0.243 e. The summed E-state index contributed by atoms with van der Waals surface area (Å²) >= 11 is 1.39. The lowest BCUT2D eigenvalue weighted by Gasteiger charge is -2.31. The molecule has 0 saturated carbocycles. The van der Waals surface area contributed by atoms with Gasteiger partial charge in [-0.25, -0.2) is 8.42 Å². The normalized spacial score (nSPS) is 19.5. The number of carbonyl (C=O) groups is 2. The number of nitrogens with one attached hydrogen (secondary N) is 1. The third-order valence-corrected chi connectivity index (χ3v) is 6.61. The number of benzene rings is 1. The molecule has 0 radical (unpaired) electrons. The zero-order chi connectivity index (χ0) is 15.7. The Morgan fingerprint density at radius 3 is 2.59 bits per heavy atom. The molecule has 9 heteroatoms. The number of thioether (sulfide) groups is 1. The summed E-state index contributed by atoms with van der Waals surface area (Å²) < 4.78 is 26.7. The molecule has 0 spiro atoms. The molecule has 1 saturated heterocycles. The summed E-state index contributed by atoms with van der Waals surface area (Å²) in [6.45, 7) is 1.33. The van der Waals surface area contributed by atoms with Gasteiger partial charge in [0.05, 0.1) is 16.3 Å². The summed E-state index contributed by atoms with van der Waals surface area (Å²) in [4.78, 5) is 24.7. The van der Waals surface area contributed by atoms with Crippen LogP contribution in [0.5, 0.6) is 0 Å². The second-order valence-electron chi connectivity index (χ2n) is 5.04. The molecular formula is C13H15N3O4S2. The first kappa shape index (κ1) is 15.3. The van der Waals surface area contributed by atoms with E-state index in [9.17, 15) is 18.0 Å². The second kappa shape index (κ2) is 5.90. The number of piperazine rings is 1. The van der Waals surface area contributed by atoms with E-state index in [4.69, 9.17) is 0 Å². The summed E-state index contributed by atoms with van der Waals surface area (Å²) in [5.41, 5.74) is 0.536. The first-order valence-electron chi connectivity index (χ1n) is 6.77. The summed E-state index contributed by atoms with van der Waals surface area (Å²) in [6, 6.07) is 4.78. The molecule has 0 atom stereocenters. The molecular weight excluding hydrogens is 326 g/mol. The average Bonchev–Trinajstić information content (AvgIpc) is 2.54. The number of nitrogens with zero attached hydrogens (tertiary/aromatic N) is 2. The van der Waals surface area contributed by atoms with Crippen molar-refractivity contribution < 1.29 is 18.0 Å². The van der Waals surface area contributed by atoms with Crippen LogP contribution >= 0.6 is 11.8 Å². The van der Waals surface area contributed by atoms with Gasteiger partial charge in [-0.1, -0.05) is 0 Å². The zero-order valence-corrected chi connectivity index (χ0v) is 13.3. The van der Waals surface area contributed by atoms with Crippen LogP contribution in [0.1, 0.15) is 0 Å². The number of hydrogen-bond acceptors (Lipinski definition) is 5. The van der Waals surface area contributed by atoms with Gasteiger partial charge in [0.2, 0.25) is 22.3 Å². The van der Waals surface area contributed by atoms with E-state index in [1.807, 2.05) is 0 Å². The molecule has 1 N–H and O–H groups in total. The first-order valence-corrected chi connectivity index (χ1v) is 9.19. The Bertz CT molecular complexity index is 712. The minimum atomic E-state index is -3.61. The van der Waals surface area contributed by atoms with Gasteiger partial charge < -0.3 is 10.2 Å². The van der Waals surface area contributed by atoms with Crippen molar-refractivity contribution in [1.29, 1.82) is 0 Å². The Morgan fingerprint density at radius 2 is 1.91 bits per heavy atom. The van der Waals surface area contributed by atoms with E-state index in [1.54, 1.807) is 17.0 Å². The van der Waals surface area contributed by atoms with Gasteiger partial charge in [-0.3, -0.25) is 9.59 Å². The highest BCUT2D eigenvalue weighted by molar-refractivity contribution is 8.00. The highest BCUT2D eigenvalue weighted by atomic mass is 32.2. The molecule has 2 aliphatic heterocycles. The van der Waals surface area contributed by atoms with E-state index in [-0.39, 0.29) is 23.9 Å². The van der Waals surface area contributed by atoms with Crippen molar-refractivity contribution >= 4 is 39.8 Å². The Balaban J connectivity index is 1.85. The van der Waals surface area contributed by atoms with Crippen molar-refractivity contribution in [2.24, 2.45) is 0 Å². The Labute approximate surface area is 132 Å². The van der Waals surface area contributed by atoms with E-state index in [1.165, 1.54) is 22.1 Å². The minimum Gasteiger partial charge on any atom is -0.343 e. The second-order valence-corrected chi connectivity index (χ2v) is 8.00. The van der Waals surface area contributed by atoms with Gasteiger partial charge in [0.1, 0.15) is 0 Å². The topological polar surface area (TPSA) is 86.8 Å². The van der Waals surface area contributed by atoms with Gasteiger partial charge in [0, 0.05) is 31.1 Å². The fourth-order valence-electron chi connectivity index (χ4n) is 2.42. The molecule has 0 aliphatic carbocycles. The third-order valence-electron chi connectivity index (χ3n) is 3.64. The molecule has 1 aromatic rings. The van der Waals surface area contributed by atoms with Crippen LogP contribution in [0.15, 0.2) is 28.0 Å². The highest BCUT2D eigenvalue weighted by Crippen LogP contribution is 2.33. The van der Waals surface area contributed by atoms with Gasteiger partial charge in [-0.15, -0.1) is 11.8 Å².